The Labute approximate surface area is 169 Å². The smallest absolute Gasteiger partial charge is 0.369 e. The molecule has 0 heterocycles. The Bertz CT molecular complexity index is 646. The Kier molecular flexibility index (Phi) is 11.1. The van der Waals surface area contributed by atoms with Gasteiger partial charge in [0.15, 0.2) is 0 Å². The number of nitrogens with one attached hydrogen (secondary N) is 2. The van der Waals surface area contributed by atoms with Gasteiger partial charge in [0.2, 0.25) is 5.91 Å². The Balaban J connectivity index is 2.23. The first kappa shape index (κ1) is 24.7. The van der Waals surface area contributed by atoms with Crippen LogP contribution in [0.1, 0.15) is 50.2 Å². The van der Waals surface area contributed by atoms with E-state index in [2.05, 4.69) is 11.9 Å². The fourth-order valence-electron chi connectivity index (χ4n) is 2.51. The van der Waals surface area contributed by atoms with E-state index in [1.165, 1.54) is 0 Å². The zero-order valence-electron chi connectivity index (χ0n) is 16.7. The van der Waals surface area contributed by atoms with E-state index >= 15 is 0 Å². The molecule has 1 rings (SSSR count). The van der Waals surface area contributed by atoms with Crippen LogP contribution in [-0.4, -0.2) is 30.7 Å². The predicted octanol–water partition coefficient (Wildman–Crippen LogP) is 4.02. The van der Waals surface area contributed by atoms with Gasteiger partial charge < -0.3 is 15.4 Å². The van der Waals surface area contributed by atoms with Crippen LogP contribution in [-0.2, 0) is 27.4 Å². The topological polar surface area (TPSA) is 67.4 Å². The van der Waals surface area contributed by atoms with Gasteiger partial charge in [0.05, 0.1) is 6.10 Å². The molecule has 0 radical (unpaired) electrons. The van der Waals surface area contributed by atoms with Crippen LogP contribution < -0.4 is 10.6 Å². The fourth-order valence-corrected chi connectivity index (χ4v) is 2.51. The minimum Gasteiger partial charge on any atom is -0.369 e. The number of ether oxygens (including phenoxy) is 1. The fraction of sp³-hybridized carbons (Fsp3) is 0.524. The van der Waals surface area contributed by atoms with Gasteiger partial charge in [-0.15, -0.1) is 6.58 Å². The number of carbonyl (C=O) groups is 2. The van der Waals surface area contributed by atoms with Gasteiger partial charge in [-0.3, -0.25) is 9.59 Å². The molecule has 2 amide bonds. The van der Waals surface area contributed by atoms with Gasteiger partial charge in [0.1, 0.15) is 6.61 Å². The molecule has 0 bridgehead atoms. The molecule has 5 nitrogen and oxygen atoms in total. The molecule has 1 aromatic rings. The Morgan fingerprint density at radius 2 is 1.66 bits per heavy atom. The molecule has 0 aliphatic heterocycles. The number of rotatable bonds is 13. The van der Waals surface area contributed by atoms with Crippen molar-refractivity contribution in [1.29, 1.82) is 0 Å². The van der Waals surface area contributed by atoms with Crippen LogP contribution in [0, 0.1) is 0 Å². The van der Waals surface area contributed by atoms with E-state index in [-0.39, 0.29) is 31.7 Å². The average Bonchev–Trinajstić information content (AvgIpc) is 2.68. The molecule has 8 heteroatoms. The molecule has 1 unspecified atom stereocenters. The quantitative estimate of drug-likeness (QED) is 0.378. The summed E-state index contributed by atoms with van der Waals surface area (Å²) in [6, 6.07) is 6.57. The average molecular weight is 414 g/mol. The molecule has 0 aliphatic carbocycles. The molecule has 0 spiro atoms. The highest BCUT2D eigenvalue weighted by Gasteiger charge is 2.38. The number of halogens is 3. The van der Waals surface area contributed by atoms with Crippen LogP contribution >= 0.6 is 0 Å². The van der Waals surface area contributed by atoms with Crippen LogP contribution in [0.4, 0.5) is 13.2 Å². The maximum Gasteiger partial charge on any atom is 0.471 e. The summed E-state index contributed by atoms with van der Waals surface area (Å²) in [5.74, 6) is -2.20. The first-order valence-electron chi connectivity index (χ1n) is 9.64. The third kappa shape index (κ3) is 11.3. The normalized spacial score (nSPS) is 12.3. The Hall–Kier alpha value is -2.35. The van der Waals surface area contributed by atoms with Gasteiger partial charge in [0, 0.05) is 13.1 Å². The Morgan fingerprint density at radius 3 is 2.21 bits per heavy atom. The van der Waals surface area contributed by atoms with Crippen molar-refractivity contribution < 1.29 is 27.5 Å². The summed E-state index contributed by atoms with van der Waals surface area (Å²) in [7, 11) is 0. The minimum atomic E-state index is -4.89. The number of benzene rings is 1. The molecule has 0 saturated carbocycles. The van der Waals surface area contributed by atoms with E-state index in [4.69, 9.17) is 4.74 Å². The molecule has 2 N–H and O–H groups in total. The van der Waals surface area contributed by atoms with Crippen molar-refractivity contribution >= 4 is 11.8 Å². The number of carbonyl (C=O) groups excluding carboxylic acids is 2. The molecule has 1 atom stereocenters. The highest BCUT2D eigenvalue weighted by atomic mass is 19.4. The summed E-state index contributed by atoms with van der Waals surface area (Å²) >= 11 is 0. The van der Waals surface area contributed by atoms with Gasteiger partial charge >= 0.3 is 12.1 Å². The van der Waals surface area contributed by atoms with Crippen molar-refractivity contribution in [3.8, 4) is 0 Å². The highest BCUT2D eigenvalue weighted by molar-refractivity contribution is 5.81. The lowest BCUT2D eigenvalue weighted by molar-refractivity contribution is -0.173. The number of allylic oxidation sites excluding steroid dienone is 1. The van der Waals surface area contributed by atoms with E-state index < -0.39 is 12.1 Å². The van der Waals surface area contributed by atoms with E-state index in [0.29, 0.717) is 5.56 Å². The van der Waals surface area contributed by atoms with Crippen molar-refractivity contribution in [1.82, 2.24) is 10.6 Å². The van der Waals surface area contributed by atoms with Crippen molar-refractivity contribution in [2.24, 2.45) is 0 Å². The summed E-state index contributed by atoms with van der Waals surface area (Å²) < 4.78 is 42.0. The number of hydrogen-bond acceptors (Lipinski definition) is 3. The first-order valence-corrected chi connectivity index (χ1v) is 9.64. The molecular formula is C21H29F3N2O3. The number of amides is 2. The van der Waals surface area contributed by atoms with E-state index in [0.717, 1.165) is 37.7 Å². The van der Waals surface area contributed by atoms with Gasteiger partial charge in [-0.25, -0.2) is 0 Å². The van der Waals surface area contributed by atoms with Crippen LogP contribution in [0.2, 0.25) is 0 Å². The minimum absolute atomic E-state index is 0.00988. The van der Waals surface area contributed by atoms with Crippen molar-refractivity contribution in [2.45, 2.75) is 64.4 Å². The first-order chi connectivity index (χ1) is 13.7. The molecule has 29 heavy (non-hydrogen) atoms. The largest absolute Gasteiger partial charge is 0.471 e. The molecule has 0 aliphatic rings. The molecule has 0 aromatic heterocycles. The zero-order valence-corrected chi connectivity index (χ0v) is 16.7. The van der Waals surface area contributed by atoms with E-state index in [1.54, 1.807) is 29.6 Å². The lowest BCUT2D eigenvalue weighted by Gasteiger charge is -2.13. The van der Waals surface area contributed by atoms with Gasteiger partial charge in [-0.05, 0) is 37.3 Å². The second-order valence-electron chi connectivity index (χ2n) is 6.82. The Morgan fingerprint density at radius 1 is 1.07 bits per heavy atom. The third-order valence-corrected chi connectivity index (χ3v) is 4.24. The van der Waals surface area contributed by atoms with Crippen LogP contribution in [0.25, 0.3) is 0 Å². The summed E-state index contributed by atoms with van der Waals surface area (Å²) in [6.45, 7) is 5.68. The third-order valence-electron chi connectivity index (χ3n) is 4.24. The van der Waals surface area contributed by atoms with Crippen LogP contribution in [0.15, 0.2) is 36.9 Å². The van der Waals surface area contributed by atoms with Gasteiger partial charge in [0.25, 0.3) is 0 Å². The number of unbranched alkanes of at least 4 members (excludes halogenated alkanes) is 3. The second-order valence-corrected chi connectivity index (χ2v) is 6.82. The predicted molar refractivity (Wildman–Crippen MR) is 105 cm³/mol. The van der Waals surface area contributed by atoms with E-state index in [9.17, 15) is 22.8 Å². The lowest BCUT2D eigenvalue weighted by Crippen LogP contribution is -2.36. The summed E-state index contributed by atoms with van der Waals surface area (Å²) in [5.41, 5.74) is 1.32. The second kappa shape index (κ2) is 13.0. The number of hydrogen-bond donors (Lipinski definition) is 2. The zero-order chi connectivity index (χ0) is 21.7. The van der Waals surface area contributed by atoms with E-state index in [1.807, 2.05) is 13.0 Å². The summed E-state index contributed by atoms with van der Waals surface area (Å²) in [5, 5.41) is 4.54. The monoisotopic (exact) mass is 414 g/mol. The highest BCUT2D eigenvalue weighted by Crippen LogP contribution is 2.14. The van der Waals surface area contributed by atoms with Gasteiger partial charge in [-0.2, -0.15) is 13.2 Å². The van der Waals surface area contributed by atoms with Gasteiger partial charge in [-0.1, -0.05) is 43.2 Å². The molecule has 1 aromatic carbocycles. The molecule has 162 valence electrons. The maximum atomic E-state index is 12.1. The maximum absolute atomic E-state index is 12.1. The van der Waals surface area contributed by atoms with Crippen LogP contribution in [0.3, 0.4) is 0 Å². The molecule has 0 fully saturated rings. The lowest BCUT2D eigenvalue weighted by atomic mass is 10.1. The molecular weight excluding hydrogens is 385 g/mol. The summed E-state index contributed by atoms with van der Waals surface area (Å²) in [6.07, 6.45) is 2.21. The van der Waals surface area contributed by atoms with Crippen molar-refractivity contribution in [3.63, 3.8) is 0 Å². The van der Waals surface area contributed by atoms with Crippen molar-refractivity contribution in [2.75, 3.05) is 6.61 Å². The SMILES string of the molecule is C=CCCCCCC(C)OCC(=O)NCc1ccc(CNC(=O)C(F)(F)F)cc1. The standard InChI is InChI=1S/C21H29F3N2O3/c1-3-4-5-6-7-8-16(2)29-15-19(27)25-13-17-9-11-18(12-10-17)14-26-20(28)21(22,23)24/h3,9-12,16H,1,4-8,13-15H2,2H3,(H,25,27)(H,26,28). The number of alkyl halides is 3. The summed E-state index contributed by atoms with van der Waals surface area (Å²) in [4.78, 5) is 22.7. The molecule has 0 saturated heterocycles. The van der Waals surface area contributed by atoms with Crippen LogP contribution in [0.5, 0.6) is 0 Å². The van der Waals surface area contributed by atoms with Crippen molar-refractivity contribution in [3.05, 3.63) is 48.0 Å².